The number of rotatable bonds is 4. The zero-order valence-corrected chi connectivity index (χ0v) is 14.0. The van der Waals surface area contributed by atoms with Crippen LogP contribution in [0.1, 0.15) is 13.8 Å². The molecule has 1 saturated heterocycles. The Balaban J connectivity index is 1.89. The Bertz CT molecular complexity index is 525. The molecule has 1 heterocycles. The van der Waals surface area contributed by atoms with Crippen molar-refractivity contribution < 1.29 is 14.3 Å². The van der Waals surface area contributed by atoms with Crippen molar-refractivity contribution in [1.29, 1.82) is 0 Å². The fraction of sp³-hybridized carbons (Fsp3) is 0.529. The number of nitrogens with zero attached hydrogens (tertiary/aromatic N) is 2. The highest BCUT2D eigenvalue weighted by molar-refractivity contribution is 5.83. The molecule has 23 heavy (non-hydrogen) atoms. The van der Waals surface area contributed by atoms with Crippen LogP contribution < -0.4 is 10.2 Å². The largest absolute Gasteiger partial charge is 0.467 e. The number of piperazine rings is 1. The van der Waals surface area contributed by atoms with Crippen molar-refractivity contribution in [1.82, 2.24) is 10.2 Å². The fourth-order valence-electron chi connectivity index (χ4n) is 2.66. The molecule has 1 atom stereocenters. The molecular formula is C17H25N3O3. The minimum absolute atomic E-state index is 0.0167. The summed E-state index contributed by atoms with van der Waals surface area (Å²) in [4.78, 5) is 28.1. The molecule has 1 fully saturated rings. The van der Waals surface area contributed by atoms with Crippen molar-refractivity contribution in [2.45, 2.75) is 19.9 Å². The number of benzene rings is 1. The topological polar surface area (TPSA) is 61.9 Å². The summed E-state index contributed by atoms with van der Waals surface area (Å²) in [5.41, 5.74) is 1.17. The van der Waals surface area contributed by atoms with E-state index in [1.807, 2.05) is 32.0 Å². The van der Waals surface area contributed by atoms with Crippen molar-refractivity contribution in [3.05, 3.63) is 30.3 Å². The van der Waals surface area contributed by atoms with Gasteiger partial charge in [0.2, 0.25) is 0 Å². The number of anilines is 1. The lowest BCUT2D eigenvalue weighted by Crippen LogP contribution is -2.55. The third-order valence-electron chi connectivity index (χ3n) is 4.09. The van der Waals surface area contributed by atoms with E-state index in [-0.39, 0.29) is 11.9 Å². The normalized spacial score (nSPS) is 16.2. The molecule has 0 bridgehead atoms. The van der Waals surface area contributed by atoms with Gasteiger partial charge in [-0.2, -0.15) is 0 Å². The van der Waals surface area contributed by atoms with Crippen molar-refractivity contribution in [2.75, 3.05) is 38.2 Å². The van der Waals surface area contributed by atoms with E-state index in [0.717, 1.165) is 13.1 Å². The minimum Gasteiger partial charge on any atom is -0.467 e. The number of amides is 2. The zero-order chi connectivity index (χ0) is 16.8. The summed E-state index contributed by atoms with van der Waals surface area (Å²) in [5, 5.41) is 2.79. The van der Waals surface area contributed by atoms with Crippen LogP contribution in [0.3, 0.4) is 0 Å². The number of carbonyl (C=O) groups excluding carboxylic acids is 2. The second-order valence-corrected chi connectivity index (χ2v) is 6.00. The van der Waals surface area contributed by atoms with Gasteiger partial charge in [0.05, 0.1) is 7.11 Å². The SMILES string of the molecule is COC(=O)C(NC(=O)N1CCN(c2ccccc2)CC1)C(C)C. The molecule has 1 N–H and O–H groups in total. The molecule has 0 radical (unpaired) electrons. The number of urea groups is 1. The van der Waals surface area contributed by atoms with Crippen LogP contribution in [0.4, 0.5) is 10.5 Å². The molecule has 2 rings (SSSR count). The summed E-state index contributed by atoms with van der Waals surface area (Å²) in [7, 11) is 1.34. The van der Waals surface area contributed by atoms with Crippen molar-refractivity contribution in [3.63, 3.8) is 0 Å². The number of ether oxygens (including phenoxy) is 1. The first kappa shape index (κ1) is 17.1. The third-order valence-corrected chi connectivity index (χ3v) is 4.09. The number of nitrogens with one attached hydrogen (secondary N) is 1. The Morgan fingerprint density at radius 3 is 2.22 bits per heavy atom. The van der Waals surface area contributed by atoms with Crippen molar-refractivity contribution in [3.8, 4) is 0 Å². The highest BCUT2D eigenvalue weighted by atomic mass is 16.5. The highest BCUT2D eigenvalue weighted by Crippen LogP contribution is 2.15. The lowest BCUT2D eigenvalue weighted by atomic mass is 10.1. The van der Waals surface area contributed by atoms with Crippen LogP contribution in [0.15, 0.2) is 30.3 Å². The van der Waals surface area contributed by atoms with Crippen LogP contribution >= 0.6 is 0 Å². The second-order valence-electron chi connectivity index (χ2n) is 6.00. The summed E-state index contributed by atoms with van der Waals surface area (Å²) < 4.78 is 4.76. The van der Waals surface area contributed by atoms with E-state index >= 15 is 0 Å². The van der Waals surface area contributed by atoms with Gasteiger partial charge in [-0.1, -0.05) is 32.0 Å². The summed E-state index contributed by atoms with van der Waals surface area (Å²) in [6.45, 7) is 6.59. The second kappa shape index (κ2) is 7.85. The van der Waals surface area contributed by atoms with Crippen LogP contribution in [-0.2, 0) is 9.53 Å². The summed E-state index contributed by atoms with van der Waals surface area (Å²) in [5.74, 6) is -0.423. The van der Waals surface area contributed by atoms with E-state index in [4.69, 9.17) is 4.74 Å². The fourth-order valence-corrected chi connectivity index (χ4v) is 2.66. The third kappa shape index (κ3) is 4.37. The molecule has 0 aromatic heterocycles. The number of esters is 1. The van der Waals surface area contributed by atoms with Gasteiger partial charge >= 0.3 is 12.0 Å². The van der Waals surface area contributed by atoms with Gasteiger partial charge in [0.1, 0.15) is 6.04 Å². The molecule has 1 aliphatic heterocycles. The number of hydrogen-bond acceptors (Lipinski definition) is 4. The van der Waals surface area contributed by atoms with E-state index < -0.39 is 12.0 Å². The lowest BCUT2D eigenvalue weighted by Gasteiger charge is -2.36. The van der Waals surface area contributed by atoms with Crippen LogP contribution in [0.2, 0.25) is 0 Å². The number of methoxy groups -OCH3 is 1. The van der Waals surface area contributed by atoms with Crippen LogP contribution in [0.5, 0.6) is 0 Å². The monoisotopic (exact) mass is 319 g/mol. The maximum absolute atomic E-state index is 12.4. The molecule has 0 saturated carbocycles. The highest BCUT2D eigenvalue weighted by Gasteiger charge is 2.28. The number of hydrogen-bond donors (Lipinski definition) is 1. The Morgan fingerprint density at radius 2 is 1.70 bits per heavy atom. The van der Waals surface area contributed by atoms with E-state index in [1.54, 1.807) is 4.90 Å². The predicted molar refractivity (Wildman–Crippen MR) is 89.4 cm³/mol. The van der Waals surface area contributed by atoms with E-state index in [2.05, 4.69) is 22.3 Å². The quantitative estimate of drug-likeness (QED) is 0.858. The molecule has 1 aromatic rings. The molecule has 2 amide bonds. The number of para-hydroxylation sites is 1. The first-order valence-electron chi connectivity index (χ1n) is 7.96. The summed E-state index contributed by atoms with van der Waals surface area (Å²) in [6.07, 6.45) is 0. The summed E-state index contributed by atoms with van der Waals surface area (Å²) in [6, 6.07) is 9.34. The zero-order valence-electron chi connectivity index (χ0n) is 14.0. The van der Waals surface area contributed by atoms with E-state index in [1.165, 1.54) is 12.8 Å². The lowest BCUT2D eigenvalue weighted by molar-refractivity contribution is -0.144. The maximum atomic E-state index is 12.4. The Morgan fingerprint density at radius 1 is 1.09 bits per heavy atom. The Kier molecular flexibility index (Phi) is 5.84. The standard InChI is InChI=1S/C17H25N3O3/c1-13(2)15(16(21)23-3)18-17(22)20-11-9-19(10-12-20)14-7-5-4-6-8-14/h4-8,13,15H,9-12H2,1-3H3,(H,18,22). The van der Waals surface area contributed by atoms with Crippen molar-refractivity contribution in [2.24, 2.45) is 5.92 Å². The maximum Gasteiger partial charge on any atom is 0.328 e. The minimum atomic E-state index is -0.611. The molecule has 1 unspecified atom stereocenters. The van der Waals surface area contributed by atoms with Crippen LogP contribution in [-0.4, -0.2) is 56.2 Å². The van der Waals surface area contributed by atoms with Gasteiger partial charge in [-0.05, 0) is 18.1 Å². The summed E-state index contributed by atoms with van der Waals surface area (Å²) >= 11 is 0. The molecule has 1 aromatic carbocycles. The molecule has 0 aliphatic carbocycles. The van der Waals surface area contributed by atoms with Gasteiger partial charge < -0.3 is 19.9 Å². The van der Waals surface area contributed by atoms with E-state index in [0.29, 0.717) is 13.1 Å². The van der Waals surface area contributed by atoms with Gasteiger partial charge in [0.15, 0.2) is 0 Å². The first-order chi connectivity index (χ1) is 11.0. The molecule has 1 aliphatic rings. The molecular weight excluding hydrogens is 294 g/mol. The molecule has 126 valence electrons. The molecule has 6 nitrogen and oxygen atoms in total. The molecule has 6 heteroatoms. The van der Waals surface area contributed by atoms with Crippen LogP contribution in [0, 0.1) is 5.92 Å². The van der Waals surface area contributed by atoms with Gasteiger partial charge in [-0.3, -0.25) is 0 Å². The van der Waals surface area contributed by atoms with Gasteiger partial charge in [-0.25, -0.2) is 9.59 Å². The van der Waals surface area contributed by atoms with Crippen molar-refractivity contribution >= 4 is 17.7 Å². The smallest absolute Gasteiger partial charge is 0.328 e. The number of carbonyl (C=O) groups is 2. The Labute approximate surface area is 137 Å². The van der Waals surface area contributed by atoms with Gasteiger partial charge in [-0.15, -0.1) is 0 Å². The Hall–Kier alpha value is -2.24. The molecule has 0 spiro atoms. The first-order valence-corrected chi connectivity index (χ1v) is 7.96. The average molecular weight is 319 g/mol. The average Bonchev–Trinajstić information content (AvgIpc) is 2.59. The predicted octanol–water partition coefficient (Wildman–Crippen LogP) is 1.72. The van der Waals surface area contributed by atoms with Gasteiger partial charge in [0, 0.05) is 31.9 Å². The van der Waals surface area contributed by atoms with E-state index in [9.17, 15) is 9.59 Å². The van der Waals surface area contributed by atoms with Gasteiger partial charge in [0.25, 0.3) is 0 Å². The van der Waals surface area contributed by atoms with Crippen LogP contribution in [0.25, 0.3) is 0 Å².